The van der Waals surface area contributed by atoms with E-state index in [0.29, 0.717) is 18.1 Å². The zero-order valence-corrected chi connectivity index (χ0v) is 15.5. The molecule has 2 aromatic rings. The first-order valence-corrected chi connectivity index (χ1v) is 8.48. The molecule has 0 aliphatic rings. The minimum Gasteiger partial charge on any atom is -0.493 e. The molecule has 0 saturated carbocycles. The number of hydrogen-bond acceptors (Lipinski definition) is 5. The molecule has 0 radical (unpaired) electrons. The quantitative estimate of drug-likeness (QED) is 0.718. The highest BCUT2D eigenvalue weighted by atomic mass is 19.1. The van der Waals surface area contributed by atoms with E-state index in [2.05, 4.69) is 5.32 Å². The van der Waals surface area contributed by atoms with Gasteiger partial charge in [-0.05, 0) is 49.7 Å². The first-order chi connectivity index (χ1) is 12.9. The third-order valence-corrected chi connectivity index (χ3v) is 3.73. The molecular weight excluding hydrogens is 353 g/mol. The Kier molecular flexibility index (Phi) is 7.16. The Labute approximate surface area is 157 Å². The van der Waals surface area contributed by atoms with Gasteiger partial charge in [0.1, 0.15) is 5.82 Å². The van der Waals surface area contributed by atoms with Crippen LogP contribution in [0.25, 0.3) is 0 Å². The normalized spacial score (nSPS) is 11.4. The molecule has 2 aromatic carbocycles. The van der Waals surface area contributed by atoms with Gasteiger partial charge in [0, 0.05) is 6.54 Å². The lowest BCUT2D eigenvalue weighted by atomic mass is 10.2. The lowest BCUT2D eigenvalue weighted by Gasteiger charge is -2.15. The molecule has 0 saturated heterocycles. The Morgan fingerprint density at radius 1 is 1.11 bits per heavy atom. The van der Waals surface area contributed by atoms with Crippen LogP contribution in [-0.2, 0) is 16.1 Å². The fourth-order valence-corrected chi connectivity index (χ4v) is 2.29. The van der Waals surface area contributed by atoms with Gasteiger partial charge in [-0.2, -0.15) is 0 Å². The van der Waals surface area contributed by atoms with Gasteiger partial charge in [0.15, 0.2) is 17.6 Å². The maximum Gasteiger partial charge on any atom is 0.339 e. The third kappa shape index (κ3) is 5.70. The summed E-state index contributed by atoms with van der Waals surface area (Å²) >= 11 is 0. The summed E-state index contributed by atoms with van der Waals surface area (Å²) in [6, 6.07) is 10.4. The molecule has 27 heavy (non-hydrogen) atoms. The minimum absolute atomic E-state index is 0.206. The lowest BCUT2D eigenvalue weighted by Crippen LogP contribution is -2.35. The number of halogens is 1. The molecule has 0 spiro atoms. The summed E-state index contributed by atoms with van der Waals surface area (Å²) in [5.41, 5.74) is 0.980. The van der Waals surface area contributed by atoms with Crippen molar-refractivity contribution < 1.29 is 28.2 Å². The Bertz CT molecular complexity index is 791. The molecule has 1 N–H and O–H groups in total. The molecule has 6 nitrogen and oxygen atoms in total. The molecule has 0 bridgehead atoms. The van der Waals surface area contributed by atoms with Crippen molar-refractivity contribution in [3.05, 3.63) is 59.4 Å². The zero-order chi connectivity index (χ0) is 19.8. The fourth-order valence-electron chi connectivity index (χ4n) is 2.29. The molecule has 144 valence electrons. The van der Waals surface area contributed by atoms with Crippen LogP contribution >= 0.6 is 0 Å². The van der Waals surface area contributed by atoms with Gasteiger partial charge in [0.05, 0.1) is 19.3 Å². The van der Waals surface area contributed by atoms with Crippen molar-refractivity contribution in [3.8, 4) is 11.5 Å². The van der Waals surface area contributed by atoms with Crippen molar-refractivity contribution >= 4 is 11.9 Å². The molecule has 1 amide bonds. The van der Waals surface area contributed by atoms with E-state index in [1.807, 2.05) is 6.92 Å². The first-order valence-electron chi connectivity index (χ1n) is 8.48. The molecule has 0 aliphatic heterocycles. The van der Waals surface area contributed by atoms with Crippen LogP contribution in [0.2, 0.25) is 0 Å². The maximum absolute atomic E-state index is 12.9. The minimum atomic E-state index is -0.990. The van der Waals surface area contributed by atoms with Crippen molar-refractivity contribution in [3.63, 3.8) is 0 Å². The topological polar surface area (TPSA) is 73.9 Å². The van der Waals surface area contributed by atoms with Crippen LogP contribution in [0.4, 0.5) is 4.39 Å². The van der Waals surface area contributed by atoms with E-state index < -0.39 is 18.0 Å². The summed E-state index contributed by atoms with van der Waals surface area (Å²) in [5, 5.41) is 2.64. The molecule has 0 aromatic heterocycles. The number of rotatable bonds is 8. The highest BCUT2D eigenvalue weighted by Gasteiger charge is 2.20. The van der Waals surface area contributed by atoms with E-state index in [-0.39, 0.29) is 17.9 Å². The second kappa shape index (κ2) is 9.56. The van der Waals surface area contributed by atoms with E-state index in [1.165, 1.54) is 32.2 Å². The van der Waals surface area contributed by atoms with Gasteiger partial charge in [-0.25, -0.2) is 9.18 Å². The third-order valence-electron chi connectivity index (χ3n) is 3.73. The van der Waals surface area contributed by atoms with E-state index >= 15 is 0 Å². The summed E-state index contributed by atoms with van der Waals surface area (Å²) in [7, 11) is 1.47. The summed E-state index contributed by atoms with van der Waals surface area (Å²) in [5.74, 6) is -0.536. The second-order valence-corrected chi connectivity index (χ2v) is 5.69. The molecule has 2 rings (SSSR count). The average molecular weight is 375 g/mol. The van der Waals surface area contributed by atoms with Crippen molar-refractivity contribution in [1.29, 1.82) is 0 Å². The van der Waals surface area contributed by atoms with Crippen molar-refractivity contribution in [2.75, 3.05) is 13.7 Å². The number of ether oxygens (including phenoxy) is 3. The molecule has 7 heteroatoms. The van der Waals surface area contributed by atoms with Crippen LogP contribution in [0.15, 0.2) is 42.5 Å². The number of carbonyl (C=O) groups excluding carboxylic acids is 2. The van der Waals surface area contributed by atoms with Gasteiger partial charge in [0.2, 0.25) is 0 Å². The Balaban J connectivity index is 1.93. The molecule has 0 aliphatic carbocycles. The van der Waals surface area contributed by atoms with E-state index in [0.717, 1.165) is 5.56 Å². The molecular formula is C20H22FNO5. The number of benzene rings is 2. The predicted molar refractivity (Wildman–Crippen MR) is 97.3 cm³/mol. The number of methoxy groups -OCH3 is 1. The smallest absolute Gasteiger partial charge is 0.339 e. The van der Waals surface area contributed by atoms with Crippen molar-refractivity contribution in [1.82, 2.24) is 5.32 Å². The van der Waals surface area contributed by atoms with E-state index in [4.69, 9.17) is 14.2 Å². The van der Waals surface area contributed by atoms with Crippen LogP contribution in [0.3, 0.4) is 0 Å². The number of esters is 1. The monoisotopic (exact) mass is 375 g/mol. The van der Waals surface area contributed by atoms with E-state index in [1.54, 1.807) is 24.3 Å². The molecule has 1 atom stereocenters. The SMILES string of the molecule is CCOc1ccc(C(=O)O[C@@H](C)C(=O)NCc2ccc(F)cc2)cc1OC. The van der Waals surface area contributed by atoms with Gasteiger partial charge >= 0.3 is 5.97 Å². The van der Waals surface area contributed by atoms with Crippen LogP contribution in [-0.4, -0.2) is 31.7 Å². The summed E-state index contributed by atoms with van der Waals surface area (Å²) in [6.07, 6.45) is -0.990. The maximum atomic E-state index is 12.9. The van der Waals surface area contributed by atoms with Gasteiger partial charge < -0.3 is 19.5 Å². The summed E-state index contributed by atoms with van der Waals surface area (Å²) < 4.78 is 28.7. The number of hydrogen-bond donors (Lipinski definition) is 1. The largest absolute Gasteiger partial charge is 0.493 e. The lowest BCUT2D eigenvalue weighted by molar-refractivity contribution is -0.129. The fraction of sp³-hybridized carbons (Fsp3) is 0.300. The standard InChI is InChI=1S/C20H22FNO5/c1-4-26-17-10-7-15(11-18(17)25-3)20(24)27-13(2)19(23)22-12-14-5-8-16(21)9-6-14/h5-11,13H,4,12H2,1-3H3,(H,22,23)/t13-/m0/s1. The highest BCUT2D eigenvalue weighted by Crippen LogP contribution is 2.28. The van der Waals surface area contributed by atoms with Gasteiger partial charge in [-0.1, -0.05) is 12.1 Å². The van der Waals surface area contributed by atoms with E-state index in [9.17, 15) is 14.0 Å². The molecule has 0 unspecified atom stereocenters. The highest BCUT2D eigenvalue weighted by molar-refractivity contribution is 5.92. The first kappa shape index (κ1) is 20.2. The Hall–Kier alpha value is -3.09. The van der Waals surface area contributed by atoms with Gasteiger partial charge in [-0.3, -0.25) is 4.79 Å². The van der Waals surface area contributed by atoms with Crippen molar-refractivity contribution in [2.24, 2.45) is 0 Å². The predicted octanol–water partition coefficient (Wildman–Crippen LogP) is 3.09. The zero-order valence-electron chi connectivity index (χ0n) is 15.5. The van der Waals surface area contributed by atoms with Crippen LogP contribution < -0.4 is 14.8 Å². The number of nitrogens with one attached hydrogen (secondary N) is 1. The van der Waals surface area contributed by atoms with Gasteiger partial charge in [0.25, 0.3) is 5.91 Å². The van der Waals surface area contributed by atoms with Crippen LogP contribution in [0.1, 0.15) is 29.8 Å². The molecule has 0 heterocycles. The second-order valence-electron chi connectivity index (χ2n) is 5.69. The van der Waals surface area contributed by atoms with Crippen LogP contribution in [0.5, 0.6) is 11.5 Å². The number of amides is 1. The van der Waals surface area contributed by atoms with Crippen molar-refractivity contribution in [2.45, 2.75) is 26.5 Å². The molecule has 0 fully saturated rings. The Morgan fingerprint density at radius 2 is 1.81 bits per heavy atom. The summed E-state index contributed by atoms with van der Waals surface area (Å²) in [6.45, 7) is 3.99. The summed E-state index contributed by atoms with van der Waals surface area (Å²) in [4.78, 5) is 24.4. The number of carbonyl (C=O) groups is 2. The Morgan fingerprint density at radius 3 is 2.44 bits per heavy atom. The van der Waals surface area contributed by atoms with Crippen LogP contribution in [0, 0.1) is 5.82 Å². The average Bonchev–Trinajstić information content (AvgIpc) is 2.67. The van der Waals surface area contributed by atoms with Gasteiger partial charge in [-0.15, -0.1) is 0 Å².